The molecule has 1 aliphatic rings. The molecule has 5 nitrogen and oxygen atoms in total. The lowest BCUT2D eigenvalue weighted by atomic mass is 9.87. The van der Waals surface area contributed by atoms with Crippen LogP contribution in [-0.4, -0.2) is 24.4 Å². The molecule has 0 saturated heterocycles. The number of methoxy groups -OCH3 is 2. The van der Waals surface area contributed by atoms with Crippen molar-refractivity contribution in [3.05, 3.63) is 65.9 Å². The monoisotopic (exact) mass is 377 g/mol. The van der Waals surface area contributed by atoms with Crippen LogP contribution in [0.1, 0.15) is 36.8 Å². The van der Waals surface area contributed by atoms with Crippen molar-refractivity contribution in [2.45, 2.75) is 37.8 Å². The fourth-order valence-corrected chi connectivity index (χ4v) is 4.17. The summed E-state index contributed by atoms with van der Waals surface area (Å²) in [6.45, 7) is 0.768. The highest BCUT2D eigenvalue weighted by Gasteiger charge is 2.35. The van der Waals surface area contributed by atoms with Crippen molar-refractivity contribution in [2.75, 3.05) is 14.2 Å². The second-order valence-electron chi connectivity index (χ2n) is 7.37. The van der Waals surface area contributed by atoms with Gasteiger partial charge in [0.05, 0.1) is 26.1 Å². The molecule has 0 aliphatic heterocycles. The summed E-state index contributed by atoms with van der Waals surface area (Å²) in [6.07, 6.45) is 6.71. The first kappa shape index (κ1) is 18.6. The van der Waals surface area contributed by atoms with Gasteiger partial charge in [-0.2, -0.15) is 5.10 Å². The van der Waals surface area contributed by atoms with E-state index >= 15 is 0 Å². The first-order chi connectivity index (χ1) is 13.7. The van der Waals surface area contributed by atoms with E-state index in [1.54, 1.807) is 14.2 Å². The van der Waals surface area contributed by atoms with Crippen molar-refractivity contribution in [1.82, 2.24) is 15.5 Å². The average Bonchev–Trinajstić information content (AvgIpc) is 3.43. The molecule has 0 spiro atoms. The zero-order valence-corrected chi connectivity index (χ0v) is 16.5. The molecule has 0 bridgehead atoms. The minimum atomic E-state index is 0.0146. The fraction of sp³-hybridized carbons (Fsp3) is 0.348. The van der Waals surface area contributed by atoms with Gasteiger partial charge in [0.1, 0.15) is 11.5 Å². The summed E-state index contributed by atoms with van der Waals surface area (Å²) in [4.78, 5) is 0. The van der Waals surface area contributed by atoms with E-state index in [1.165, 1.54) is 24.0 Å². The van der Waals surface area contributed by atoms with Crippen LogP contribution < -0.4 is 14.8 Å². The summed E-state index contributed by atoms with van der Waals surface area (Å²) >= 11 is 0. The average molecular weight is 377 g/mol. The number of nitrogens with zero attached hydrogens (tertiary/aromatic N) is 1. The van der Waals surface area contributed by atoms with Gasteiger partial charge >= 0.3 is 0 Å². The van der Waals surface area contributed by atoms with Crippen LogP contribution in [-0.2, 0) is 12.1 Å². The maximum Gasteiger partial charge on any atom is 0.118 e. The van der Waals surface area contributed by atoms with Crippen molar-refractivity contribution in [3.8, 4) is 22.8 Å². The molecular formula is C23H27N3O2. The summed E-state index contributed by atoms with van der Waals surface area (Å²) in [5.41, 5.74) is 4.68. The van der Waals surface area contributed by atoms with Crippen molar-refractivity contribution in [3.63, 3.8) is 0 Å². The first-order valence-electron chi connectivity index (χ1n) is 9.80. The summed E-state index contributed by atoms with van der Waals surface area (Å²) < 4.78 is 10.6. The van der Waals surface area contributed by atoms with Crippen LogP contribution in [0.5, 0.6) is 11.5 Å². The third-order valence-electron chi connectivity index (χ3n) is 5.81. The molecule has 2 N–H and O–H groups in total. The van der Waals surface area contributed by atoms with Crippen molar-refractivity contribution in [1.29, 1.82) is 0 Å². The lowest BCUT2D eigenvalue weighted by Gasteiger charge is -2.31. The Balaban J connectivity index is 1.54. The van der Waals surface area contributed by atoms with Gasteiger partial charge < -0.3 is 14.8 Å². The molecule has 0 atom stereocenters. The van der Waals surface area contributed by atoms with Gasteiger partial charge in [0, 0.05) is 23.2 Å². The van der Waals surface area contributed by atoms with E-state index in [0.29, 0.717) is 0 Å². The number of H-pyrrole nitrogens is 1. The Morgan fingerprint density at radius 3 is 2.14 bits per heavy atom. The van der Waals surface area contributed by atoms with E-state index in [0.717, 1.165) is 42.1 Å². The maximum absolute atomic E-state index is 5.32. The Morgan fingerprint density at radius 2 is 1.54 bits per heavy atom. The molecule has 1 heterocycles. The molecule has 4 rings (SSSR count). The molecule has 28 heavy (non-hydrogen) atoms. The van der Waals surface area contributed by atoms with E-state index in [4.69, 9.17) is 9.47 Å². The third kappa shape index (κ3) is 3.62. The standard InChI is InChI=1S/C23H27N3O2/c1-27-20-9-5-17(6-10-20)22-18(16-25-26-22)15-24-23(13-3-4-14-23)19-7-11-21(28-2)12-8-19/h5-12,16,24H,3-4,13-15H2,1-2H3,(H,25,26). The second-order valence-corrected chi connectivity index (χ2v) is 7.37. The molecule has 2 aromatic carbocycles. The smallest absolute Gasteiger partial charge is 0.118 e. The number of hydrogen-bond donors (Lipinski definition) is 2. The molecule has 146 valence electrons. The predicted molar refractivity (Wildman–Crippen MR) is 111 cm³/mol. The quantitative estimate of drug-likeness (QED) is 0.629. The molecule has 0 unspecified atom stereocenters. The van der Waals surface area contributed by atoms with Crippen LogP contribution >= 0.6 is 0 Å². The Kier molecular flexibility index (Phi) is 5.35. The maximum atomic E-state index is 5.32. The summed E-state index contributed by atoms with van der Waals surface area (Å²) in [5, 5.41) is 11.3. The van der Waals surface area contributed by atoms with E-state index in [-0.39, 0.29) is 5.54 Å². The third-order valence-corrected chi connectivity index (χ3v) is 5.81. The van der Waals surface area contributed by atoms with Gasteiger partial charge in [0.15, 0.2) is 0 Å². The van der Waals surface area contributed by atoms with Gasteiger partial charge in [-0.3, -0.25) is 5.10 Å². The van der Waals surface area contributed by atoms with E-state index < -0.39 is 0 Å². The Bertz CT molecular complexity index is 894. The molecule has 1 saturated carbocycles. The largest absolute Gasteiger partial charge is 0.497 e. The molecule has 3 aromatic rings. The van der Waals surface area contributed by atoms with E-state index in [1.807, 2.05) is 18.3 Å². The minimum Gasteiger partial charge on any atom is -0.497 e. The van der Waals surface area contributed by atoms with Gasteiger partial charge in [0.2, 0.25) is 0 Å². The van der Waals surface area contributed by atoms with Gasteiger partial charge in [0.25, 0.3) is 0 Å². The zero-order chi connectivity index (χ0) is 19.4. The molecular weight excluding hydrogens is 350 g/mol. The lowest BCUT2D eigenvalue weighted by molar-refractivity contribution is 0.338. The van der Waals surface area contributed by atoms with Crippen molar-refractivity contribution in [2.24, 2.45) is 0 Å². The van der Waals surface area contributed by atoms with Crippen LogP contribution in [0.4, 0.5) is 0 Å². The second kappa shape index (κ2) is 8.07. The predicted octanol–water partition coefficient (Wildman–Crippen LogP) is 4.65. The fourth-order valence-electron chi connectivity index (χ4n) is 4.17. The Morgan fingerprint density at radius 1 is 0.929 bits per heavy atom. The highest BCUT2D eigenvalue weighted by atomic mass is 16.5. The van der Waals surface area contributed by atoms with Crippen molar-refractivity contribution >= 4 is 0 Å². The Hall–Kier alpha value is -2.79. The van der Waals surface area contributed by atoms with Crippen LogP contribution in [0, 0.1) is 0 Å². The molecule has 1 fully saturated rings. The van der Waals surface area contributed by atoms with Crippen LogP contribution in [0.25, 0.3) is 11.3 Å². The molecule has 0 radical (unpaired) electrons. The van der Waals surface area contributed by atoms with Gasteiger partial charge in [-0.15, -0.1) is 0 Å². The van der Waals surface area contributed by atoms with Crippen LogP contribution in [0.15, 0.2) is 54.7 Å². The summed E-state index contributed by atoms with van der Waals surface area (Å²) in [6, 6.07) is 16.6. The number of ether oxygens (including phenoxy) is 2. The topological polar surface area (TPSA) is 59.2 Å². The molecule has 1 aliphatic carbocycles. The normalized spacial score (nSPS) is 15.5. The SMILES string of the molecule is COc1ccc(-c2[nH]ncc2CNC2(c3ccc(OC)cc3)CCCC2)cc1. The lowest BCUT2D eigenvalue weighted by Crippen LogP contribution is -2.39. The number of aromatic nitrogens is 2. The number of rotatable bonds is 7. The van der Waals surface area contributed by atoms with E-state index in [9.17, 15) is 0 Å². The highest BCUT2D eigenvalue weighted by molar-refractivity contribution is 5.63. The van der Waals surface area contributed by atoms with Crippen LogP contribution in [0.2, 0.25) is 0 Å². The summed E-state index contributed by atoms with van der Waals surface area (Å²) in [7, 11) is 3.39. The molecule has 5 heteroatoms. The van der Waals surface area contributed by atoms with Crippen molar-refractivity contribution < 1.29 is 9.47 Å². The Labute approximate surface area is 166 Å². The van der Waals surface area contributed by atoms with Crippen LogP contribution in [0.3, 0.4) is 0 Å². The molecule has 1 aromatic heterocycles. The zero-order valence-electron chi connectivity index (χ0n) is 16.5. The first-order valence-corrected chi connectivity index (χ1v) is 9.80. The van der Waals surface area contributed by atoms with Gasteiger partial charge in [-0.25, -0.2) is 0 Å². The van der Waals surface area contributed by atoms with Gasteiger partial charge in [-0.1, -0.05) is 25.0 Å². The number of aromatic amines is 1. The summed E-state index contributed by atoms with van der Waals surface area (Å²) in [5.74, 6) is 1.75. The minimum absolute atomic E-state index is 0.0146. The number of nitrogens with one attached hydrogen (secondary N) is 2. The number of benzene rings is 2. The van der Waals surface area contributed by atoms with E-state index in [2.05, 4.69) is 51.9 Å². The molecule has 0 amide bonds. The van der Waals surface area contributed by atoms with Gasteiger partial charge in [-0.05, 0) is 54.8 Å². The number of hydrogen-bond acceptors (Lipinski definition) is 4. The highest BCUT2D eigenvalue weighted by Crippen LogP contribution is 2.39.